The number of ether oxygens (including phenoxy) is 9. The lowest BCUT2D eigenvalue weighted by Gasteiger charge is -2.60. The van der Waals surface area contributed by atoms with E-state index >= 15 is 0 Å². The van der Waals surface area contributed by atoms with Crippen molar-refractivity contribution in [2.45, 2.75) is 222 Å². The third-order valence-electron chi connectivity index (χ3n) is 16.5. The second-order valence-electron chi connectivity index (χ2n) is 23.2. The maximum absolute atomic E-state index is 12.4. The molecule has 6 rings (SSSR count). The Kier molecular flexibility index (Phi) is 24.4. The highest BCUT2D eigenvalue weighted by molar-refractivity contribution is 5.83. The van der Waals surface area contributed by atoms with E-state index in [9.17, 15) is 43.2 Å². The van der Waals surface area contributed by atoms with Crippen LogP contribution in [0.5, 0.6) is 0 Å². The van der Waals surface area contributed by atoms with Gasteiger partial charge >= 0.3 is 53.7 Å². The average molecular weight is 1050 g/mol. The summed E-state index contributed by atoms with van der Waals surface area (Å²) in [5.41, 5.74) is -3.19. The van der Waals surface area contributed by atoms with Crippen molar-refractivity contribution >= 4 is 53.7 Å². The van der Waals surface area contributed by atoms with Gasteiger partial charge in [0.25, 0.3) is 0 Å². The van der Waals surface area contributed by atoms with Crippen LogP contribution in [0.15, 0.2) is 0 Å². The smallest absolute Gasteiger partial charge is 0.344 e. The van der Waals surface area contributed by atoms with Crippen molar-refractivity contribution in [1.29, 1.82) is 0 Å². The Labute approximate surface area is 439 Å². The molecular formula is C56H90O18. The van der Waals surface area contributed by atoms with Gasteiger partial charge in [0.15, 0.2) is 39.6 Å². The molecule has 6 saturated carbocycles. The van der Waals surface area contributed by atoms with Crippen LogP contribution >= 0.6 is 0 Å². The quantitative estimate of drug-likeness (QED) is 0.0684. The van der Waals surface area contributed by atoms with Crippen LogP contribution in [0, 0.1) is 39.9 Å². The van der Waals surface area contributed by atoms with E-state index in [-0.39, 0.29) is 0 Å². The largest absolute Gasteiger partial charge is 0.457 e. The van der Waals surface area contributed by atoms with Crippen molar-refractivity contribution < 1.29 is 85.8 Å². The summed E-state index contributed by atoms with van der Waals surface area (Å²) in [5.74, 6) is -2.77. The molecule has 0 aromatic rings. The van der Waals surface area contributed by atoms with Gasteiger partial charge in [-0.3, -0.25) is 14.4 Å². The van der Waals surface area contributed by atoms with Gasteiger partial charge in [-0.1, -0.05) is 41.0 Å². The maximum atomic E-state index is 12.4. The molecule has 0 spiro atoms. The molecule has 0 aromatic heterocycles. The molecule has 0 amide bonds. The second kappa shape index (κ2) is 28.4. The molecule has 4 bridgehead atoms. The molecule has 0 atom stereocenters. The van der Waals surface area contributed by atoms with Crippen molar-refractivity contribution in [2.75, 3.05) is 39.6 Å². The van der Waals surface area contributed by atoms with E-state index < -0.39 is 126 Å². The van der Waals surface area contributed by atoms with Crippen LogP contribution in [-0.4, -0.2) is 110 Å². The molecular weight excluding hydrogens is 961 g/mol. The van der Waals surface area contributed by atoms with Crippen molar-refractivity contribution in [3.05, 3.63) is 0 Å². The maximum Gasteiger partial charge on any atom is 0.344 e. The van der Waals surface area contributed by atoms with Gasteiger partial charge in [0.1, 0.15) is 16.8 Å². The van der Waals surface area contributed by atoms with E-state index in [1.54, 1.807) is 41.5 Å². The first-order valence-corrected chi connectivity index (χ1v) is 27.3. The fraction of sp³-hybridized carbons (Fsp3) is 0.839. The minimum absolute atomic E-state index is 0.394. The Bertz CT molecular complexity index is 1890. The van der Waals surface area contributed by atoms with E-state index in [4.69, 9.17) is 42.6 Å². The summed E-state index contributed by atoms with van der Waals surface area (Å²) in [6, 6.07) is 0. The monoisotopic (exact) mass is 1050 g/mol. The number of hydrogen-bond donors (Lipinski definition) is 0. The van der Waals surface area contributed by atoms with Gasteiger partial charge in [0.05, 0.1) is 16.2 Å². The topological polar surface area (TPSA) is 237 Å². The van der Waals surface area contributed by atoms with Gasteiger partial charge in [0.2, 0.25) is 0 Å². The van der Waals surface area contributed by atoms with Crippen LogP contribution in [0.4, 0.5) is 0 Å². The number of carbonyl (C=O) groups is 9. The summed E-state index contributed by atoms with van der Waals surface area (Å²) in [5, 5.41) is 0. The molecule has 6 fully saturated rings. The summed E-state index contributed by atoms with van der Waals surface area (Å²) >= 11 is 0. The number of carbonyl (C=O) groups excluding carboxylic acids is 9. The van der Waals surface area contributed by atoms with Gasteiger partial charge in [-0.25, -0.2) is 28.8 Å². The molecule has 18 heteroatoms. The molecule has 0 aromatic carbocycles. The Morgan fingerprint density at radius 1 is 0.392 bits per heavy atom. The lowest BCUT2D eigenvalue weighted by molar-refractivity contribution is -0.214. The summed E-state index contributed by atoms with van der Waals surface area (Å²) in [6.45, 7) is 19.3. The summed E-state index contributed by atoms with van der Waals surface area (Å²) in [7, 11) is 0. The predicted octanol–water partition coefficient (Wildman–Crippen LogP) is 9.21. The van der Waals surface area contributed by atoms with Crippen LogP contribution < -0.4 is 0 Å². The normalized spacial score (nSPS) is 23.2. The first-order chi connectivity index (χ1) is 34.6. The predicted molar refractivity (Wildman–Crippen MR) is 269 cm³/mol. The van der Waals surface area contributed by atoms with Gasteiger partial charge in [-0.15, -0.1) is 0 Å². The van der Waals surface area contributed by atoms with Gasteiger partial charge in [0, 0.05) is 0 Å². The van der Waals surface area contributed by atoms with E-state index in [0.717, 1.165) is 108 Å². The molecule has 0 aliphatic heterocycles. The SMILES string of the molecule is CCC(C)(C)C(=O)OCC(=O)OCC(=O)OC1(C)CCCC1.CCC(C)(C)C(=O)OCC(=O)OCC(=O)OC1(CC)C2CC3CC(C2)CC1C3.CCC1(OC(=O)COC(=O)COC(=O)C(C)(C)CC)CCCCC1. The molecule has 0 unspecified atom stereocenters. The highest BCUT2D eigenvalue weighted by Gasteiger charge is 2.58. The zero-order valence-electron chi connectivity index (χ0n) is 46.8. The van der Waals surface area contributed by atoms with Crippen LogP contribution in [0.2, 0.25) is 0 Å². The first-order valence-electron chi connectivity index (χ1n) is 27.3. The lowest BCUT2D eigenvalue weighted by atomic mass is 9.49. The zero-order chi connectivity index (χ0) is 55.5. The van der Waals surface area contributed by atoms with Crippen molar-refractivity contribution in [3.63, 3.8) is 0 Å². The molecule has 6 aliphatic carbocycles. The number of esters is 9. The fourth-order valence-corrected chi connectivity index (χ4v) is 10.5. The third-order valence-corrected chi connectivity index (χ3v) is 16.5. The van der Waals surface area contributed by atoms with E-state index in [1.165, 1.54) is 6.42 Å². The van der Waals surface area contributed by atoms with Gasteiger partial charge in [-0.2, -0.15) is 0 Å². The standard InChI is InChI=1S/C22H34O6.C18H30O6.C16H26O6/c1-5-21(3,4)20(25)27-12-18(23)26-13-19(24)28-22(6-2)16-8-14-7-15(10-16)11-17(22)9-14;1-5-17(3,4)16(21)23-12-14(19)22-13-15(20)24-18(6-2)10-8-7-9-11-18;1-5-15(2,3)14(19)21-10-12(17)20-11-13(18)22-16(4)8-6-7-9-16/h14-17H,5-13H2,1-4H3;5-13H2,1-4H3;5-11H2,1-4H3. The fourth-order valence-electron chi connectivity index (χ4n) is 10.5. The highest BCUT2D eigenvalue weighted by Crippen LogP contribution is 2.60. The van der Waals surface area contributed by atoms with Crippen molar-refractivity contribution in [1.82, 2.24) is 0 Å². The molecule has 74 heavy (non-hydrogen) atoms. The summed E-state index contributed by atoms with van der Waals surface area (Å²) < 4.78 is 46.3. The molecule has 0 saturated heterocycles. The lowest BCUT2D eigenvalue weighted by Crippen LogP contribution is -2.59. The second-order valence-corrected chi connectivity index (χ2v) is 23.2. The summed E-state index contributed by atoms with van der Waals surface area (Å²) in [4.78, 5) is 106. The molecule has 0 heterocycles. The minimum Gasteiger partial charge on any atom is -0.457 e. The van der Waals surface area contributed by atoms with E-state index in [1.807, 2.05) is 34.6 Å². The minimum atomic E-state index is -0.756. The summed E-state index contributed by atoms with van der Waals surface area (Å²) in [6.07, 6.45) is 18.0. The van der Waals surface area contributed by atoms with Crippen LogP contribution in [0.25, 0.3) is 0 Å². The van der Waals surface area contributed by atoms with Crippen LogP contribution in [0.1, 0.15) is 205 Å². The van der Waals surface area contributed by atoms with Crippen molar-refractivity contribution in [2.24, 2.45) is 39.9 Å². The van der Waals surface area contributed by atoms with Crippen LogP contribution in [-0.2, 0) is 85.8 Å². The van der Waals surface area contributed by atoms with Gasteiger partial charge in [-0.05, 0) is 188 Å². The molecule has 18 nitrogen and oxygen atoms in total. The highest BCUT2D eigenvalue weighted by atomic mass is 16.6. The van der Waals surface area contributed by atoms with Gasteiger partial charge < -0.3 is 42.6 Å². The Morgan fingerprint density at radius 2 is 0.716 bits per heavy atom. The number of rotatable bonds is 23. The van der Waals surface area contributed by atoms with E-state index in [2.05, 4.69) is 6.92 Å². The van der Waals surface area contributed by atoms with Crippen molar-refractivity contribution in [3.8, 4) is 0 Å². The Morgan fingerprint density at radius 3 is 1.05 bits per heavy atom. The average Bonchev–Trinajstić information content (AvgIpc) is 3.80. The van der Waals surface area contributed by atoms with Crippen LogP contribution in [0.3, 0.4) is 0 Å². The Balaban J connectivity index is 0.000000295. The molecule has 0 N–H and O–H groups in total. The van der Waals surface area contributed by atoms with E-state index in [0.29, 0.717) is 31.1 Å². The first kappa shape index (κ1) is 63.5. The zero-order valence-corrected chi connectivity index (χ0v) is 46.8. The Hall–Kier alpha value is -4.77. The molecule has 6 aliphatic rings. The molecule has 0 radical (unpaired) electrons. The number of hydrogen-bond acceptors (Lipinski definition) is 18. The third kappa shape index (κ3) is 19.1. The molecule has 422 valence electrons.